The zero-order valence-corrected chi connectivity index (χ0v) is 23.6. The first-order valence-electron chi connectivity index (χ1n) is 15.2. The number of hydrogen-bond acceptors (Lipinski definition) is 8. The summed E-state index contributed by atoms with van der Waals surface area (Å²) in [5.41, 5.74) is 0. The topological polar surface area (TPSA) is 110 Å². The molecule has 1 aliphatic carbocycles. The fourth-order valence-electron chi connectivity index (χ4n) is 5.67. The Morgan fingerprint density at radius 2 is 1.65 bits per heavy atom. The minimum absolute atomic E-state index is 0.157. The molecule has 9 nitrogen and oxygen atoms in total. The molecule has 6 unspecified atom stereocenters. The Morgan fingerprint density at radius 3 is 2.35 bits per heavy atom. The van der Waals surface area contributed by atoms with Crippen LogP contribution in [0.25, 0.3) is 0 Å². The Kier molecular flexibility index (Phi) is 13.2. The number of carboxylic acids is 1. The molecule has 224 valence electrons. The number of unbranched alkanes of at least 4 members (excludes halogenated alkanes) is 3. The summed E-state index contributed by atoms with van der Waals surface area (Å²) in [6, 6.07) is 9.62. The highest BCUT2D eigenvalue weighted by Gasteiger charge is 2.45. The number of rotatable bonds is 17. The van der Waals surface area contributed by atoms with Gasteiger partial charge in [-0.25, -0.2) is 0 Å². The second-order valence-corrected chi connectivity index (χ2v) is 11.1. The Hall–Kier alpha value is -2.04. The van der Waals surface area contributed by atoms with Gasteiger partial charge < -0.3 is 33.5 Å². The van der Waals surface area contributed by atoms with Crippen LogP contribution < -0.4 is 4.74 Å². The summed E-state index contributed by atoms with van der Waals surface area (Å²) >= 11 is 0. The van der Waals surface area contributed by atoms with E-state index in [2.05, 4.69) is 0 Å². The zero-order valence-electron chi connectivity index (χ0n) is 23.6. The summed E-state index contributed by atoms with van der Waals surface area (Å²) in [4.78, 5) is 24.0. The quantitative estimate of drug-likeness (QED) is 0.253. The van der Waals surface area contributed by atoms with Crippen LogP contribution >= 0.6 is 0 Å². The third-order valence-corrected chi connectivity index (χ3v) is 7.83. The third-order valence-electron chi connectivity index (χ3n) is 7.83. The van der Waals surface area contributed by atoms with Crippen molar-refractivity contribution in [2.24, 2.45) is 5.92 Å². The molecule has 1 aromatic rings. The monoisotopic (exact) mass is 562 g/mol. The summed E-state index contributed by atoms with van der Waals surface area (Å²) in [5.74, 6) is -0.121. The van der Waals surface area contributed by atoms with Crippen molar-refractivity contribution < 1.29 is 43.1 Å². The van der Waals surface area contributed by atoms with Crippen molar-refractivity contribution in [2.75, 3.05) is 26.4 Å². The maximum Gasteiger partial charge on any atom is 0.303 e. The van der Waals surface area contributed by atoms with Crippen molar-refractivity contribution >= 4 is 11.8 Å². The SMILES string of the molecule is O=C(O)CCCCCCC1C(=O)CC(OC2CCCCO2)C1OCC(COc1ccccc1)OC1CCCCO1. The molecule has 4 rings (SSSR count). The molecule has 2 heterocycles. The van der Waals surface area contributed by atoms with Crippen molar-refractivity contribution in [3.05, 3.63) is 30.3 Å². The molecule has 3 fully saturated rings. The molecule has 0 aromatic heterocycles. The summed E-state index contributed by atoms with van der Waals surface area (Å²) in [6.45, 7) is 1.91. The summed E-state index contributed by atoms with van der Waals surface area (Å²) in [7, 11) is 0. The van der Waals surface area contributed by atoms with Crippen LogP contribution in [-0.2, 0) is 33.3 Å². The first-order chi connectivity index (χ1) is 19.6. The first-order valence-corrected chi connectivity index (χ1v) is 15.2. The van der Waals surface area contributed by atoms with Crippen molar-refractivity contribution in [1.29, 1.82) is 0 Å². The van der Waals surface area contributed by atoms with Crippen LogP contribution in [-0.4, -0.2) is 74.2 Å². The standard InChI is InChI=1S/C31H46O9/c32-26-20-27(40-30-17-9-11-19-36-30)31(25(26)14-6-1-2-7-15-28(33)34)38-22-24(39-29-16-8-10-18-35-29)21-37-23-12-4-3-5-13-23/h3-5,12-13,24-25,27,29-31H,1-2,6-11,14-22H2,(H,33,34). The molecule has 1 aromatic carbocycles. The summed E-state index contributed by atoms with van der Waals surface area (Å²) in [5, 5.41) is 8.87. The Morgan fingerprint density at radius 1 is 0.925 bits per heavy atom. The van der Waals surface area contributed by atoms with E-state index in [1.54, 1.807) is 0 Å². The van der Waals surface area contributed by atoms with Crippen molar-refractivity contribution in [3.63, 3.8) is 0 Å². The van der Waals surface area contributed by atoms with Gasteiger partial charge in [0.15, 0.2) is 12.6 Å². The number of para-hydroxylation sites is 1. The molecule has 0 radical (unpaired) electrons. The average molecular weight is 563 g/mol. The minimum Gasteiger partial charge on any atom is -0.491 e. The van der Waals surface area contributed by atoms with Gasteiger partial charge in [-0.3, -0.25) is 9.59 Å². The number of ketones is 1. The van der Waals surface area contributed by atoms with Gasteiger partial charge in [0, 0.05) is 32.0 Å². The van der Waals surface area contributed by atoms with E-state index in [0.717, 1.165) is 63.5 Å². The number of carbonyl (C=O) groups excluding carboxylic acids is 1. The van der Waals surface area contributed by atoms with E-state index in [-0.39, 0.29) is 49.5 Å². The molecular formula is C31H46O9. The molecule has 2 saturated heterocycles. The minimum atomic E-state index is -0.768. The maximum atomic E-state index is 13.2. The molecule has 0 amide bonds. The number of hydrogen-bond donors (Lipinski definition) is 1. The zero-order chi connectivity index (χ0) is 28.0. The van der Waals surface area contributed by atoms with Crippen LogP contribution in [0, 0.1) is 5.92 Å². The molecule has 0 bridgehead atoms. The number of aliphatic carboxylic acids is 1. The van der Waals surface area contributed by atoms with Gasteiger partial charge in [0.2, 0.25) is 0 Å². The van der Waals surface area contributed by atoms with Gasteiger partial charge in [0.25, 0.3) is 0 Å². The molecule has 3 aliphatic rings. The second-order valence-electron chi connectivity index (χ2n) is 11.1. The number of carbonyl (C=O) groups is 2. The van der Waals surface area contributed by atoms with Gasteiger partial charge in [-0.05, 0) is 63.5 Å². The molecule has 1 saturated carbocycles. The van der Waals surface area contributed by atoms with E-state index in [9.17, 15) is 9.59 Å². The lowest BCUT2D eigenvalue weighted by Crippen LogP contribution is -2.40. The lowest BCUT2D eigenvalue weighted by atomic mass is 9.96. The highest BCUT2D eigenvalue weighted by molar-refractivity contribution is 5.84. The highest BCUT2D eigenvalue weighted by atomic mass is 16.7. The van der Waals surface area contributed by atoms with Crippen LogP contribution in [0.15, 0.2) is 30.3 Å². The molecule has 40 heavy (non-hydrogen) atoms. The number of benzene rings is 1. The molecular weight excluding hydrogens is 516 g/mol. The largest absolute Gasteiger partial charge is 0.491 e. The highest BCUT2D eigenvalue weighted by Crippen LogP contribution is 2.34. The Bertz CT molecular complexity index is 867. The molecule has 0 spiro atoms. The van der Waals surface area contributed by atoms with E-state index in [1.165, 1.54) is 0 Å². The van der Waals surface area contributed by atoms with Gasteiger partial charge >= 0.3 is 5.97 Å². The normalized spacial score (nSPS) is 27.9. The fraction of sp³-hybridized carbons (Fsp3) is 0.742. The average Bonchev–Trinajstić information content (AvgIpc) is 3.26. The molecule has 1 N–H and O–H groups in total. The van der Waals surface area contributed by atoms with Gasteiger partial charge in [-0.15, -0.1) is 0 Å². The van der Waals surface area contributed by atoms with E-state index in [0.29, 0.717) is 39.1 Å². The molecule has 6 atom stereocenters. The van der Waals surface area contributed by atoms with Crippen molar-refractivity contribution in [3.8, 4) is 5.75 Å². The summed E-state index contributed by atoms with van der Waals surface area (Å²) < 4.78 is 36.8. The van der Waals surface area contributed by atoms with Crippen molar-refractivity contribution in [2.45, 2.75) is 114 Å². The number of Topliss-reactive ketones (excluding diaryl/α,β-unsaturated/α-hetero) is 1. The molecule has 2 aliphatic heterocycles. The van der Waals surface area contributed by atoms with Crippen LogP contribution in [0.2, 0.25) is 0 Å². The lowest BCUT2D eigenvalue weighted by molar-refractivity contribution is -0.226. The first kappa shape index (κ1) is 30.9. The van der Waals surface area contributed by atoms with E-state index in [1.807, 2.05) is 30.3 Å². The van der Waals surface area contributed by atoms with Crippen LogP contribution in [0.3, 0.4) is 0 Å². The van der Waals surface area contributed by atoms with E-state index >= 15 is 0 Å². The van der Waals surface area contributed by atoms with Crippen LogP contribution in [0.1, 0.15) is 83.5 Å². The smallest absolute Gasteiger partial charge is 0.303 e. The Balaban J connectivity index is 1.37. The van der Waals surface area contributed by atoms with E-state index < -0.39 is 12.1 Å². The third kappa shape index (κ3) is 10.4. The van der Waals surface area contributed by atoms with Crippen molar-refractivity contribution in [1.82, 2.24) is 0 Å². The van der Waals surface area contributed by atoms with E-state index in [4.69, 9.17) is 33.5 Å². The maximum absolute atomic E-state index is 13.2. The van der Waals surface area contributed by atoms with Gasteiger partial charge in [0.1, 0.15) is 24.2 Å². The van der Waals surface area contributed by atoms with Crippen LogP contribution in [0.5, 0.6) is 5.75 Å². The predicted molar refractivity (Wildman–Crippen MR) is 147 cm³/mol. The number of carboxylic acid groups (broad SMARTS) is 1. The summed E-state index contributed by atoms with van der Waals surface area (Å²) in [6.07, 6.45) is 8.48. The number of ether oxygens (including phenoxy) is 6. The van der Waals surface area contributed by atoms with Crippen LogP contribution in [0.4, 0.5) is 0 Å². The lowest BCUT2D eigenvalue weighted by Gasteiger charge is -2.32. The van der Waals surface area contributed by atoms with Gasteiger partial charge in [0.05, 0.1) is 18.8 Å². The molecule has 9 heteroatoms. The van der Waals surface area contributed by atoms with Gasteiger partial charge in [-0.2, -0.15) is 0 Å². The fourth-order valence-corrected chi connectivity index (χ4v) is 5.67. The second kappa shape index (κ2) is 17.0. The predicted octanol–water partition coefficient (Wildman–Crippen LogP) is 5.29. The van der Waals surface area contributed by atoms with Gasteiger partial charge in [-0.1, -0.05) is 37.5 Å². The Labute approximate surface area is 237 Å².